The summed E-state index contributed by atoms with van der Waals surface area (Å²) in [5.74, 6) is 0.996. The molecule has 1 unspecified atom stereocenters. The van der Waals surface area contributed by atoms with E-state index in [4.69, 9.17) is 0 Å². The van der Waals surface area contributed by atoms with E-state index in [1.807, 2.05) is 25.1 Å². The summed E-state index contributed by atoms with van der Waals surface area (Å²) >= 11 is 3.20. The molecule has 0 spiro atoms. The Balaban J connectivity index is 1.82. The van der Waals surface area contributed by atoms with Crippen LogP contribution < -0.4 is 5.32 Å². The number of hydrogen-bond donors (Lipinski definition) is 2. The average Bonchev–Trinajstić information content (AvgIpc) is 2.95. The average molecular weight is 294 g/mol. The lowest BCUT2D eigenvalue weighted by molar-refractivity contribution is -0.131. The lowest BCUT2D eigenvalue weighted by Crippen LogP contribution is -2.42. The van der Waals surface area contributed by atoms with Crippen LogP contribution in [0.5, 0.6) is 0 Å². The van der Waals surface area contributed by atoms with Crippen molar-refractivity contribution in [2.75, 3.05) is 16.8 Å². The highest BCUT2D eigenvalue weighted by molar-refractivity contribution is 7.99. The van der Waals surface area contributed by atoms with Gasteiger partial charge in [-0.2, -0.15) is 11.8 Å². The second kappa shape index (κ2) is 4.77. The molecule has 1 fully saturated rings. The van der Waals surface area contributed by atoms with Crippen LogP contribution in [-0.4, -0.2) is 33.1 Å². The third kappa shape index (κ3) is 2.48. The Hall–Kier alpha value is -1.11. The topological polar surface area (TPSA) is 62.2 Å². The van der Waals surface area contributed by atoms with Gasteiger partial charge in [0, 0.05) is 11.4 Å². The molecule has 0 saturated carbocycles. The van der Waals surface area contributed by atoms with E-state index in [1.165, 1.54) is 0 Å². The zero-order chi connectivity index (χ0) is 13.5. The maximum atomic E-state index is 12.1. The zero-order valence-electron chi connectivity index (χ0n) is 10.5. The van der Waals surface area contributed by atoms with Gasteiger partial charge in [-0.15, -0.1) is 11.3 Å². The number of amides is 1. The summed E-state index contributed by atoms with van der Waals surface area (Å²) in [6, 6.07) is 5.62. The molecule has 0 bridgehead atoms. The van der Waals surface area contributed by atoms with Crippen LogP contribution in [0.2, 0.25) is 0 Å². The molecule has 100 valence electrons. The van der Waals surface area contributed by atoms with E-state index in [2.05, 4.69) is 10.3 Å². The number of hydrogen-bond acceptors (Lipinski definition) is 5. The molecule has 3 rings (SSSR count). The van der Waals surface area contributed by atoms with Gasteiger partial charge in [0.2, 0.25) is 0 Å². The number of carbonyl (C=O) groups is 1. The highest BCUT2D eigenvalue weighted by atomic mass is 32.2. The normalized spacial score (nSPS) is 22.8. The first kappa shape index (κ1) is 12.9. The molecule has 1 aliphatic heterocycles. The van der Waals surface area contributed by atoms with Gasteiger partial charge in [-0.3, -0.25) is 4.79 Å². The monoisotopic (exact) mass is 294 g/mol. The molecular weight excluding hydrogens is 280 g/mol. The zero-order valence-corrected chi connectivity index (χ0v) is 12.1. The number of nitrogens with zero attached hydrogens (tertiary/aromatic N) is 1. The highest BCUT2D eigenvalue weighted by Gasteiger charge is 2.39. The Morgan fingerprint density at radius 2 is 2.37 bits per heavy atom. The van der Waals surface area contributed by atoms with Crippen molar-refractivity contribution in [2.24, 2.45) is 0 Å². The van der Waals surface area contributed by atoms with E-state index in [0.717, 1.165) is 21.0 Å². The molecule has 19 heavy (non-hydrogen) atoms. The number of anilines is 1. The summed E-state index contributed by atoms with van der Waals surface area (Å²) in [6.45, 7) is 1.96. The molecule has 2 N–H and O–H groups in total. The lowest BCUT2D eigenvalue weighted by atomic mass is 10.0. The van der Waals surface area contributed by atoms with Gasteiger partial charge in [0.05, 0.1) is 15.2 Å². The van der Waals surface area contributed by atoms with Crippen LogP contribution in [-0.2, 0) is 4.79 Å². The molecule has 2 heterocycles. The Kier molecular flexibility index (Phi) is 3.24. The highest BCUT2D eigenvalue weighted by Crippen LogP contribution is 2.30. The Bertz CT molecular complexity index is 633. The van der Waals surface area contributed by atoms with Gasteiger partial charge in [0.25, 0.3) is 5.91 Å². The first-order chi connectivity index (χ1) is 9.07. The first-order valence-electron chi connectivity index (χ1n) is 6.06. The van der Waals surface area contributed by atoms with Crippen molar-refractivity contribution in [2.45, 2.75) is 18.9 Å². The first-order valence-corrected chi connectivity index (χ1v) is 8.03. The maximum Gasteiger partial charge on any atom is 0.257 e. The van der Waals surface area contributed by atoms with E-state index in [9.17, 15) is 9.90 Å². The predicted molar refractivity (Wildman–Crippen MR) is 79.9 cm³/mol. The molecule has 1 aromatic carbocycles. The number of aryl methyl sites for hydroxylation is 1. The van der Waals surface area contributed by atoms with Gasteiger partial charge in [0.15, 0.2) is 5.60 Å². The van der Waals surface area contributed by atoms with E-state index in [1.54, 1.807) is 23.1 Å². The van der Waals surface area contributed by atoms with Crippen molar-refractivity contribution < 1.29 is 9.90 Å². The standard InChI is InChI=1S/C13H14N2O2S2/c1-8-14-10-3-2-9(6-11(10)19-8)15-12(16)13(17)4-5-18-7-13/h2-3,6,17H,4-5,7H2,1H3,(H,15,16). The van der Waals surface area contributed by atoms with Gasteiger partial charge in [0.1, 0.15) is 0 Å². The van der Waals surface area contributed by atoms with Crippen molar-refractivity contribution in [3.05, 3.63) is 23.2 Å². The van der Waals surface area contributed by atoms with Crippen LogP contribution in [0.3, 0.4) is 0 Å². The minimum absolute atomic E-state index is 0.307. The second-order valence-electron chi connectivity index (χ2n) is 4.70. The summed E-state index contributed by atoms with van der Waals surface area (Å²) in [4.78, 5) is 16.5. The molecule has 1 atom stereocenters. The van der Waals surface area contributed by atoms with Crippen LogP contribution in [0, 0.1) is 6.92 Å². The van der Waals surface area contributed by atoms with Crippen LogP contribution in [0.4, 0.5) is 5.69 Å². The predicted octanol–water partition coefficient (Wildman–Crippen LogP) is 2.41. The Morgan fingerprint density at radius 3 is 3.11 bits per heavy atom. The van der Waals surface area contributed by atoms with Crippen molar-refractivity contribution in [3.63, 3.8) is 0 Å². The fourth-order valence-corrected chi connectivity index (χ4v) is 4.20. The summed E-state index contributed by atoms with van der Waals surface area (Å²) in [5, 5.41) is 14.0. The van der Waals surface area contributed by atoms with Crippen molar-refractivity contribution >= 4 is 44.9 Å². The molecule has 2 aromatic rings. The molecule has 4 nitrogen and oxygen atoms in total. The second-order valence-corrected chi connectivity index (χ2v) is 7.04. The van der Waals surface area contributed by atoms with Gasteiger partial charge >= 0.3 is 0 Å². The van der Waals surface area contributed by atoms with Crippen LogP contribution in [0.1, 0.15) is 11.4 Å². The number of fused-ring (bicyclic) bond motifs is 1. The van der Waals surface area contributed by atoms with Crippen LogP contribution >= 0.6 is 23.1 Å². The third-order valence-corrected chi connectivity index (χ3v) is 5.28. The minimum Gasteiger partial charge on any atom is -0.379 e. The number of benzene rings is 1. The molecular formula is C13H14N2O2S2. The Morgan fingerprint density at radius 1 is 1.53 bits per heavy atom. The number of thiazole rings is 1. The smallest absolute Gasteiger partial charge is 0.257 e. The summed E-state index contributed by atoms with van der Waals surface area (Å²) in [7, 11) is 0. The van der Waals surface area contributed by atoms with Gasteiger partial charge in [-0.25, -0.2) is 4.98 Å². The number of rotatable bonds is 2. The van der Waals surface area contributed by atoms with Gasteiger partial charge < -0.3 is 10.4 Å². The fraction of sp³-hybridized carbons (Fsp3) is 0.385. The molecule has 1 aromatic heterocycles. The van der Waals surface area contributed by atoms with Crippen molar-refractivity contribution in [1.29, 1.82) is 0 Å². The van der Waals surface area contributed by atoms with E-state index >= 15 is 0 Å². The summed E-state index contributed by atoms with van der Waals surface area (Å²) in [6.07, 6.45) is 0.519. The number of aromatic nitrogens is 1. The quantitative estimate of drug-likeness (QED) is 0.893. The molecule has 1 aliphatic rings. The lowest BCUT2D eigenvalue weighted by Gasteiger charge is -2.20. The minimum atomic E-state index is -1.22. The summed E-state index contributed by atoms with van der Waals surface area (Å²) in [5.41, 5.74) is 0.436. The van der Waals surface area contributed by atoms with Crippen LogP contribution in [0.15, 0.2) is 18.2 Å². The van der Waals surface area contributed by atoms with E-state index in [-0.39, 0.29) is 5.91 Å². The number of thioether (sulfide) groups is 1. The largest absolute Gasteiger partial charge is 0.379 e. The van der Waals surface area contributed by atoms with Gasteiger partial charge in [-0.05, 0) is 37.3 Å². The summed E-state index contributed by atoms with van der Waals surface area (Å²) < 4.78 is 1.04. The van der Waals surface area contributed by atoms with Crippen LogP contribution in [0.25, 0.3) is 10.2 Å². The molecule has 0 radical (unpaired) electrons. The molecule has 1 amide bonds. The fourth-order valence-electron chi connectivity index (χ4n) is 2.10. The van der Waals surface area contributed by atoms with E-state index in [0.29, 0.717) is 17.9 Å². The number of nitrogens with one attached hydrogen (secondary N) is 1. The third-order valence-electron chi connectivity index (χ3n) is 3.18. The molecule has 0 aliphatic carbocycles. The maximum absolute atomic E-state index is 12.1. The van der Waals surface area contributed by atoms with Gasteiger partial charge in [-0.1, -0.05) is 0 Å². The van der Waals surface area contributed by atoms with E-state index < -0.39 is 5.60 Å². The molecule has 6 heteroatoms. The number of aliphatic hydroxyl groups is 1. The number of carbonyl (C=O) groups excluding carboxylic acids is 1. The Labute approximate surface area is 119 Å². The van der Waals surface area contributed by atoms with Crippen molar-refractivity contribution in [1.82, 2.24) is 4.98 Å². The SMILES string of the molecule is Cc1nc2ccc(NC(=O)C3(O)CCSC3)cc2s1. The molecule has 1 saturated heterocycles. The van der Waals surface area contributed by atoms with Crippen molar-refractivity contribution in [3.8, 4) is 0 Å².